The standard InChI is InChI=1S/C21H25NO2S/c1-25-20-15-13-19(14-16-20)12-11-18-9-7-17(8-10-18)5-3-2-4-6-21(23)22-24/h7-16,24H,2-6H2,1H3,(H,22,23)/b12-11+. The maximum Gasteiger partial charge on any atom is 0.243 e. The fourth-order valence-electron chi connectivity index (χ4n) is 2.55. The van der Waals surface area contributed by atoms with Gasteiger partial charge in [-0.3, -0.25) is 10.0 Å². The van der Waals surface area contributed by atoms with E-state index in [0.717, 1.165) is 25.7 Å². The molecule has 0 fully saturated rings. The van der Waals surface area contributed by atoms with Crippen LogP contribution < -0.4 is 5.48 Å². The summed E-state index contributed by atoms with van der Waals surface area (Å²) >= 11 is 1.75. The lowest BCUT2D eigenvalue weighted by molar-refractivity contribution is -0.129. The number of hydroxylamine groups is 1. The van der Waals surface area contributed by atoms with Crippen molar-refractivity contribution in [3.05, 3.63) is 65.2 Å². The molecule has 2 aromatic carbocycles. The lowest BCUT2D eigenvalue weighted by Gasteiger charge is -2.03. The number of carbonyl (C=O) groups excluding carboxylic acids is 1. The molecule has 2 N–H and O–H groups in total. The Kier molecular flexibility index (Phi) is 8.29. The Morgan fingerprint density at radius 2 is 1.56 bits per heavy atom. The van der Waals surface area contributed by atoms with Gasteiger partial charge in [0.1, 0.15) is 0 Å². The second-order valence-electron chi connectivity index (χ2n) is 5.94. The van der Waals surface area contributed by atoms with Gasteiger partial charge >= 0.3 is 0 Å². The third kappa shape index (κ3) is 7.16. The molecule has 1 amide bonds. The van der Waals surface area contributed by atoms with Gasteiger partial charge in [-0.05, 0) is 54.3 Å². The van der Waals surface area contributed by atoms with Crippen molar-refractivity contribution >= 4 is 29.8 Å². The molecule has 0 unspecified atom stereocenters. The van der Waals surface area contributed by atoms with Crippen molar-refractivity contribution < 1.29 is 10.0 Å². The summed E-state index contributed by atoms with van der Waals surface area (Å²) in [5.74, 6) is -0.306. The van der Waals surface area contributed by atoms with Crippen molar-refractivity contribution in [2.24, 2.45) is 0 Å². The minimum absolute atomic E-state index is 0.306. The van der Waals surface area contributed by atoms with E-state index in [-0.39, 0.29) is 5.91 Å². The van der Waals surface area contributed by atoms with E-state index in [4.69, 9.17) is 5.21 Å². The first-order chi connectivity index (χ1) is 12.2. The number of rotatable bonds is 9. The highest BCUT2D eigenvalue weighted by Gasteiger charge is 1.99. The molecule has 0 aliphatic carbocycles. The summed E-state index contributed by atoms with van der Waals surface area (Å²) in [4.78, 5) is 12.2. The highest BCUT2D eigenvalue weighted by Crippen LogP contribution is 2.17. The molecule has 3 nitrogen and oxygen atoms in total. The molecule has 2 rings (SSSR count). The van der Waals surface area contributed by atoms with Crippen LogP contribution in [0.5, 0.6) is 0 Å². The zero-order chi connectivity index (χ0) is 17.9. The van der Waals surface area contributed by atoms with Crippen molar-refractivity contribution in [2.75, 3.05) is 6.26 Å². The second kappa shape index (κ2) is 10.7. The van der Waals surface area contributed by atoms with Gasteiger partial charge in [0, 0.05) is 11.3 Å². The predicted molar refractivity (Wildman–Crippen MR) is 106 cm³/mol. The third-order valence-corrected chi connectivity index (χ3v) is 4.80. The molecule has 0 bridgehead atoms. The molecular formula is C21H25NO2S. The van der Waals surface area contributed by atoms with Crippen LogP contribution >= 0.6 is 11.8 Å². The number of aryl methyl sites for hydroxylation is 1. The van der Waals surface area contributed by atoms with Crippen molar-refractivity contribution in [2.45, 2.75) is 37.0 Å². The second-order valence-corrected chi connectivity index (χ2v) is 6.82. The molecule has 4 heteroatoms. The highest BCUT2D eigenvalue weighted by molar-refractivity contribution is 7.98. The van der Waals surface area contributed by atoms with E-state index in [0.29, 0.717) is 6.42 Å². The zero-order valence-electron chi connectivity index (χ0n) is 14.6. The Hall–Kier alpha value is -2.04. The lowest BCUT2D eigenvalue weighted by Crippen LogP contribution is -2.17. The molecule has 2 aromatic rings. The first-order valence-corrected chi connectivity index (χ1v) is 9.78. The van der Waals surface area contributed by atoms with Gasteiger partial charge in [-0.2, -0.15) is 0 Å². The third-order valence-electron chi connectivity index (χ3n) is 4.06. The van der Waals surface area contributed by atoms with Crippen molar-refractivity contribution in [3.8, 4) is 0 Å². The fraction of sp³-hybridized carbons (Fsp3) is 0.286. The number of amides is 1. The summed E-state index contributed by atoms with van der Waals surface area (Å²) in [5.41, 5.74) is 5.37. The predicted octanol–water partition coefficient (Wildman–Crippen LogP) is 5.19. The quantitative estimate of drug-likeness (QED) is 0.214. The van der Waals surface area contributed by atoms with E-state index in [1.54, 1.807) is 17.2 Å². The van der Waals surface area contributed by atoms with Gasteiger partial charge in [0.2, 0.25) is 5.91 Å². The van der Waals surface area contributed by atoms with E-state index in [9.17, 15) is 4.79 Å². The van der Waals surface area contributed by atoms with Crippen molar-refractivity contribution in [1.29, 1.82) is 0 Å². The summed E-state index contributed by atoms with van der Waals surface area (Å²) in [7, 11) is 0. The molecule has 0 aromatic heterocycles. The monoisotopic (exact) mass is 355 g/mol. The Balaban J connectivity index is 1.77. The van der Waals surface area contributed by atoms with Crippen LogP contribution in [0, 0.1) is 0 Å². The van der Waals surface area contributed by atoms with Gasteiger partial charge in [-0.25, -0.2) is 5.48 Å². The molecule has 0 spiro atoms. The summed E-state index contributed by atoms with van der Waals surface area (Å²) in [6.45, 7) is 0. The van der Waals surface area contributed by atoms with Crippen LogP contribution in [0.25, 0.3) is 12.2 Å². The van der Waals surface area contributed by atoms with Gasteiger partial charge in [0.25, 0.3) is 0 Å². The largest absolute Gasteiger partial charge is 0.289 e. The van der Waals surface area contributed by atoms with E-state index in [2.05, 4.69) is 66.9 Å². The molecule has 0 saturated carbocycles. The normalized spacial score (nSPS) is 11.0. The SMILES string of the molecule is CSc1ccc(/C=C/c2ccc(CCCCCC(=O)NO)cc2)cc1. The minimum Gasteiger partial charge on any atom is -0.289 e. The number of hydrogen-bond donors (Lipinski definition) is 2. The van der Waals surface area contributed by atoms with E-state index in [1.807, 2.05) is 0 Å². The molecule has 0 saturated heterocycles. The summed E-state index contributed by atoms with van der Waals surface area (Å²) < 4.78 is 0. The number of benzene rings is 2. The molecule has 25 heavy (non-hydrogen) atoms. The molecule has 0 atom stereocenters. The van der Waals surface area contributed by atoms with Gasteiger partial charge < -0.3 is 0 Å². The number of nitrogens with one attached hydrogen (secondary N) is 1. The Bertz CT molecular complexity index is 678. The molecule has 0 aliphatic heterocycles. The van der Waals surface area contributed by atoms with Crippen molar-refractivity contribution in [3.63, 3.8) is 0 Å². The van der Waals surface area contributed by atoms with E-state index in [1.165, 1.54) is 21.6 Å². The maximum absolute atomic E-state index is 10.9. The van der Waals surface area contributed by atoms with Gasteiger partial charge in [-0.1, -0.05) is 55.0 Å². The minimum atomic E-state index is -0.306. The Labute approximate surface area is 154 Å². The average molecular weight is 356 g/mol. The zero-order valence-corrected chi connectivity index (χ0v) is 15.4. The number of thioether (sulfide) groups is 1. The lowest BCUT2D eigenvalue weighted by atomic mass is 10.0. The van der Waals surface area contributed by atoms with Crippen LogP contribution in [-0.4, -0.2) is 17.4 Å². The molecule has 0 heterocycles. The van der Waals surface area contributed by atoms with Gasteiger partial charge in [0.05, 0.1) is 0 Å². The number of hydrogen-bond acceptors (Lipinski definition) is 3. The molecular weight excluding hydrogens is 330 g/mol. The number of unbranched alkanes of at least 4 members (excludes halogenated alkanes) is 2. The van der Waals surface area contributed by atoms with Crippen LogP contribution in [-0.2, 0) is 11.2 Å². The number of carbonyl (C=O) groups is 1. The maximum atomic E-state index is 10.9. The summed E-state index contributed by atoms with van der Waals surface area (Å²) in [6.07, 6.45) is 10.6. The Morgan fingerprint density at radius 1 is 0.960 bits per heavy atom. The first kappa shape index (κ1) is 19.3. The fourth-order valence-corrected chi connectivity index (χ4v) is 2.96. The van der Waals surface area contributed by atoms with Gasteiger partial charge in [0.15, 0.2) is 0 Å². The van der Waals surface area contributed by atoms with Crippen LogP contribution in [0.4, 0.5) is 0 Å². The van der Waals surface area contributed by atoms with Crippen LogP contribution in [0.1, 0.15) is 42.4 Å². The summed E-state index contributed by atoms with van der Waals surface area (Å²) in [6, 6.07) is 17.1. The van der Waals surface area contributed by atoms with Gasteiger partial charge in [-0.15, -0.1) is 11.8 Å². The first-order valence-electron chi connectivity index (χ1n) is 8.55. The highest BCUT2D eigenvalue weighted by atomic mass is 32.2. The molecule has 132 valence electrons. The van der Waals surface area contributed by atoms with E-state index < -0.39 is 0 Å². The van der Waals surface area contributed by atoms with E-state index >= 15 is 0 Å². The van der Waals surface area contributed by atoms with Crippen LogP contribution in [0.15, 0.2) is 53.4 Å². The molecule has 0 radical (unpaired) electrons. The average Bonchev–Trinajstić information content (AvgIpc) is 2.67. The van der Waals surface area contributed by atoms with Crippen molar-refractivity contribution in [1.82, 2.24) is 5.48 Å². The summed E-state index contributed by atoms with van der Waals surface area (Å²) in [5, 5.41) is 8.43. The smallest absolute Gasteiger partial charge is 0.243 e. The topological polar surface area (TPSA) is 49.3 Å². The van der Waals surface area contributed by atoms with Crippen LogP contribution in [0.2, 0.25) is 0 Å². The Morgan fingerprint density at radius 3 is 2.12 bits per heavy atom. The van der Waals surface area contributed by atoms with Crippen LogP contribution in [0.3, 0.4) is 0 Å². The molecule has 0 aliphatic rings.